The topological polar surface area (TPSA) is 63.7 Å². The van der Waals surface area contributed by atoms with Gasteiger partial charge in [0.2, 0.25) is 0 Å². The number of amides is 1. The summed E-state index contributed by atoms with van der Waals surface area (Å²) in [5.41, 5.74) is 2.18. The van der Waals surface area contributed by atoms with Crippen LogP contribution in [0.4, 0.5) is 24.0 Å². The molecule has 2 heterocycles. The molecule has 0 radical (unpaired) electrons. The first-order valence-electron chi connectivity index (χ1n) is 8.70. The molecule has 1 aromatic heterocycles. The Morgan fingerprint density at radius 3 is 2.64 bits per heavy atom. The molecule has 0 unspecified atom stereocenters. The van der Waals surface area contributed by atoms with E-state index in [9.17, 15) is 18.0 Å². The van der Waals surface area contributed by atoms with Gasteiger partial charge in [0.15, 0.2) is 5.13 Å². The van der Waals surface area contributed by atoms with Gasteiger partial charge in [-0.15, -0.1) is 11.3 Å². The lowest BCUT2D eigenvalue weighted by molar-refractivity contribution is -0.184. The molecule has 1 atom stereocenters. The number of thiazole rings is 1. The number of hydrogen-bond acceptors (Lipinski definition) is 6. The zero-order valence-electron chi connectivity index (χ0n) is 15.2. The Hall–Kier alpha value is -2.17. The van der Waals surface area contributed by atoms with Crippen molar-refractivity contribution in [3.63, 3.8) is 0 Å². The molecule has 0 saturated carbocycles. The maximum atomic E-state index is 12.2. The van der Waals surface area contributed by atoms with Crippen LogP contribution in [0.3, 0.4) is 0 Å². The number of nitrogens with one attached hydrogen (secondary N) is 1. The lowest BCUT2D eigenvalue weighted by Gasteiger charge is -2.26. The molecule has 1 fully saturated rings. The van der Waals surface area contributed by atoms with Crippen molar-refractivity contribution in [2.75, 3.05) is 43.1 Å². The first kappa shape index (κ1) is 20.6. The second-order valence-corrected chi connectivity index (χ2v) is 7.09. The number of alkyl halides is 3. The number of nitrogens with zero attached hydrogens (tertiary/aromatic N) is 2. The number of morpholine rings is 1. The third-order valence-electron chi connectivity index (χ3n) is 4.09. The van der Waals surface area contributed by atoms with Crippen molar-refractivity contribution in [1.29, 1.82) is 0 Å². The molecular formula is C18H20F3N3O3S. The average molecular weight is 415 g/mol. The van der Waals surface area contributed by atoms with E-state index in [1.165, 1.54) is 6.92 Å². The maximum Gasteiger partial charge on any atom is 0.411 e. The summed E-state index contributed by atoms with van der Waals surface area (Å²) in [6, 6.07) is 6.96. The molecule has 1 amide bonds. The summed E-state index contributed by atoms with van der Waals surface area (Å²) in [5.74, 6) is -0.639. The van der Waals surface area contributed by atoms with Gasteiger partial charge in [-0.2, -0.15) is 13.2 Å². The molecular weight excluding hydrogens is 395 g/mol. The van der Waals surface area contributed by atoms with Gasteiger partial charge in [0, 0.05) is 29.7 Å². The van der Waals surface area contributed by atoms with Crippen LogP contribution in [0, 0.1) is 0 Å². The van der Waals surface area contributed by atoms with Crippen LogP contribution in [0.15, 0.2) is 29.6 Å². The van der Waals surface area contributed by atoms with Crippen LogP contribution < -0.4 is 10.2 Å². The number of aromatic nitrogens is 1. The molecule has 28 heavy (non-hydrogen) atoms. The standard InChI is InChI=1S/C18H20F3N3O3S/c1-12(27-11-18(19,20)21)16(25)22-14-4-2-13(3-5-14)15-10-28-17(23-15)24-6-8-26-9-7-24/h2-5,10,12H,6-9,11H2,1H3,(H,22,25)/t12-/m0/s1. The number of carbonyl (C=O) groups is 1. The Kier molecular flexibility index (Phi) is 6.53. The van der Waals surface area contributed by atoms with Crippen LogP contribution in [0.5, 0.6) is 0 Å². The monoisotopic (exact) mass is 415 g/mol. The Bertz CT molecular complexity index is 789. The van der Waals surface area contributed by atoms with E-state index in [0.29, 0.717) is 18.9 Å². The highest BCUT2D eigenvalue weighted by atomic mass is 32.1. The van der Waals surface area contributed by atoms with Crippen LogP contribution in [0.25, 0.3) is 11.3 Å². The normalized spacial score (nSPS) is 16.1. The minimum atomic E-state index is -4.47. The molecule has 10 heteroatoms. The van der Waals surface area contributed by atoms with E-state index in [1.807, 2.05) is 5.38 Å². The molecule has 0 bridgehead atoms. The summed E-state index contributed by atoms with van der Waals surface area (Å²) in [6.45, 7) is 2.82. The van der Waals surface area contributed by atoms with E-state index in [0.717, 1.165) is 29.5 Å². The molecule has 1 aliphatic heterocycles. The minimum Gasteiger partial charge on any atom is -0.378 e. The minimum absolute atomic E-state index is 0.472. The average Bonchev–Trinajstić information content (AvgIpc) is 3.17. The largest absolute Gasteiger partial charge is 0.411 e. The first-order valence-corrected chi connectivity index (χ1v) is 9.58. The molecule has 6 nitrogen and oxygen atoms in total. The van der Waals surface area contributed by atoms with Crippen molar-refractivity contribution < 1.29 is 27.4 Å². The summed E-state index contributed by atoms with van der Waals surface area (Å²) in [7, 11) is 0. The van der Waals surface area contributed by atoms with E-state index in [2.05, 4.69) is 19.9 Å². The number of carbonyl (C=O) groups excluding carboxylic acids is 1. The Labute approximate surface area is 164 Å². The van der Waals surface area contributed by atoms with Crippen molar-refractivity contribution in [3.8, 4) is 11.3 Å². The fourth-order valence-electron chi connectivity index (χ4n) is 2.56. The molecule has 0 aliphatic carbocycles. The van der Waals surface area contributed by atoms with E-state index in [-0.39, 0.29) is 0 Å². The van der Waals surface area contributed by atoms with Crippen LogP contribution in [-0.4, -0.2) is 56.1 Å². The predicted octanol–water partition coefficient (Wildman–Crippen LogP) is 3.55. The molecule has 152 valence electrons. The number of rotatable bonds is 6. The number of halogens is 3. The van der Waals surface area contributed by atoms with Gasteiger partial charge in [-0.3, -0.25) is 4.79 Å². The molecule has 1 aromatic carbocycles. The lowest BCUT2D eigenvalue weighted by Crippen LogP contribution is -2.36. The fraction of sp³-hybridized carbons (Fsp3) is 0.444. The Morgan fingerprint density at radius 1 is 1.32 bits per heavy atom. The summed E-state index contributed by atoms with van der Waals surface area (Å²) >= 11 is 1.56. The smallest absolute Gasteiger partial charge is 0.378 e. The lowest BCUT2D eigenvalue weighted by atomic mass is 10.1. The van der Waals surface area contributed by atoms with E-state index < -0.39 is 24.8 Å². The van der Waals surface area contributed by atoms with Crippen LogP contribution >= 0.6 is 11.3 Å². The van der Waals surface area contributed by atoms with Gasteiger partial charge in [0.25, 0.3) is 5.91 Å². The van der Waals surface area contributed by atoms with Gasteiger partial charge >= 0.3 is 6.18 Å². The second kappa shape index (κ2) is 8.89. The van der Waals surface area contributed by atoms with Crippen LogP contribution in [-0.2, 0) is 14.3 Å². The zero-order chi connectivity index (χ0) is 20.1. The van der Waals surface area contributed by atoms with Gasteiger partial charge in [-0.25, -0.2) is 4.98 Å². The highest BCUT2D eigenvalue weighted by Crippen LogP contribution is 2.28. The zero-order valence-corrected chi connectivity index (χ0v) is 16.0. The molecule has 2 aromatic rings. The number of benzene rings is 1. The maximum absolute atomic E-state index is 12.2. The summed E-state index contributed by atoms with van der Waals surface area (Å²) in [6.07, 6.45) is -5.68. The number of ether oxygens (including phenoxy) is 2. The predicted molar refractivity (Wildman–Crippen MR) is 101 cm³/mol. The molecule has 0 spiro atoms. The van der Waals surface area contributed by atoms with Gasteiger partial charge in [0.05, 0.1) is 18.9 Å². The third-order valence-corrected chi connectivity index (χ3v) is 4.99. The second-order valence-electron chi connectivity index (χ2n) is 6.25. The van der Waals surface area contributed by atoms with Crippen LogP contribution in [0.1, 0.15) is 6.92 Å². The molecule has 3 rings (SSSR count). The highest BCUT2D eigenvalue weighted by molar-refractivity contribution is 7.14. The highest BCUT2D eigenvalue weighted by Gasteiger charge is 2.30. The Morgan fingerprint density at radius 2 is 2.00 bits per heavy atom. The van der Waals surface area contributed by atoms with Crippen molar-refractivity contribution in [2.24, 2.45) is 0 Å². The number of anilines is 2. The molecule has 1 aliphatic rings. The molecule has 1 saturated heterocycles. The van der Waals surface area contributed by atoms with Gasteiger partial charge in [0.1, 0.15) is 12.7 Å². The van der Waals surface area contributed by atoms with Gasteiger partial charge in [-0.05, 0) is 19.1 Å². The summed E-state index contributed by atoms with van der Waals surface area (Å²) < 4.78 is 46.4. The SMILES string of the molecule is C[C@H](OCC(F)(F)F)C(=O)Nc1ccc(-c2csc(N3CCOCC3)n2)cc1. The van der Waals surface area contributed by atoms with Crippen molar-refractivity contribution in [2.45, 2.75) is 19.2 Å². The van der Waals surface area contributed by atoms with E-state index in [4.69, 9.17) is 4.74 Å². The van der Waals surface area contributed by atoms with Crippen LogP contribution in [0.2, 0.25) is 0 Å². The first-order chi connectivity index (χ1) is 13.3. The van der Waals surface area contributed by atoms with Crippen molar-refractivity contribution in [1.82, 2.24) is 4.98 Å². The Balaban J connectivity index is 1.57. The summed E-state index contributed by atoms with van der Waals surface area (Å²) in [4.78, 5) is 18.8. The van der Waals surface area contributed by atoms with Gasteiger partial charge < -0.3 is 19.7 Å². The van der Waals surface area contributed by atoms with Crippen molar-refractivity contribution >= 4 is 28.1 Å². The fourth-order valence-corrected chi connectivity index (χ4v) is 3.45. The van der Waals surface area contributed by atoms with E-state index in [1.54, 1.807) is 35.6 Å². The van der Waals surface area contributed by atoms with Crippen molar-refractivity contribution in [3.05, 3.63) is 29.6 Å². The number of hydrogen-bond donors (Lipinski definition) is 1. The van der Waals surface area contributed by atoms with E-state index >= 15 is 0 Å². The van der Waals surface area contributed by atoms with Gasteiger partial charge in [-0.1, -0.05) is 12.1 Å². The summed E-state index contributed by atoms with van der Waals surface area (Å²) in [5, 5.41) is 5.44. The third kappa shape index (κ3) is 5.66. The quantitative estimate of drug-likeness (QED) is 0.782. The molecule has 1 N–H and O–H groups in total.